The van der Waals surface area contributed by atoms with Gasteiger partial charge in [-0.05, 0) is 24.3 Å². The highest BCUT2D eigenvalue weighted by Crippen LogP contribution is 2.60. The number of rotatable bonds is 2. The molecule has 0 spiro atoms. The highest BCUT2D eigenvalue weighted by Gasteiger charge is 2.66. The molecular weight excluding hydrogens is 316 g/mol. The third kappa shape index (κ3) is 2.08. The fraction of sp³-hybridized carbons (Fsp3) is 0.765. The number of hydrogen-bond acceptors (Lipinski definition) is 7. The van der Waals surface area contributed by atoms with Crippen molar-refractivity contribution in [3.63, 3.8) is 0 Å². The molecule has 24 heavy (non-hydrogen) atoms. The van der Waals surface area contributed by atoms with Crippen LogP contribution in [0.15, 0.2) is 12.2 Å². The Morgan fingerprint density at radius 3 is 2.92 bits per heavy atom. The minimum Gasteiger partial charge on any atom is -0.465 e. The lowest BCUT2D eigenvalue weighted by molar-refractivity contribution is -0.187. The second-order valence-corrected chi connectivity index (χ2v) is 7.42. The summed E-state index contributed by atoms with van der Waals surface area (Å²) in [6.45, 7) is 7.43. The Bertz CT molecular complexity index is 602. The Morgan fingerprint density at radius 1 is 1.46 bits per heavy atom. The first-order valence-electron chi connectivity index (χ1n) is 8.35. The van der Waals surface area contributed by atoms with Crippen molar-refractivity contribution < 1.29 is 33.6 Å². The van der Waals surface area contributed by atoms with E-state index in [2.05, 4.69) is 6.58 Å². The third-order valence-electron chi connectivity index (χ3n) is 6.20. The quantitative estimate of drug-likeness (QED) is 0.587. The molecule has 2 bridgehead atoms. The number of esters is 2. The van der Waals surface area contributed by atoms with Gasteiger partial charge in [0.15, 0.2) is 12.6 Å². The van der Waals surface area contributed by atoms with Gasteiger partial charge in [0.25, 0.3) is 0 Å². The fourth-order valence-electron chi connectivity index (χ4n) is 4.91. The predicted molar refractivity (Wildman–Crippen MR) is 79.2 cm³/mol. The maximum Gasteiger partial charge on any atom is 0.309 e. The molecule has 1 saturated carbocycles. The summed E-state index contributed by atoms with van der Waals surface area (Å²) in [5, 5.41) is 10.3. The van der Waals surface area contributed by atoms with Crippen molar-refractivity contribution in [1.82, 2.24) is 0 Å². The number of aliphatic hydroxyl groups is 1. The van der Waals surface area contributed by atoms with Crippen molar-refractivity contribution in [3.8, 4) is 0 Å². The molecule has 4 aliphatic rings. The first kappa shape index (κ1) is 16.1. The molecule has 1 unspecified atom stereocenters. The van der Waals surface area contributed by atoms with Crippen molar-refractivity contribution in [1.29, 1.82) is 0 Å². The highest BCUT2D eigenvalue weighted by molar-refractivity contribution is 5.75. The van der Waals surface area contributed by atoms with Gasteiger partial charge in [-0.2, -0.15) is 0 Å². The van der Waals surface area contributed by atoms with Gasteiger partial charge in [-0.25, -0.2) is 0 Å². The molecule has 8 atom stereocenters. The molecule has 7 nitrogen and oxygen atoms in total. The van der Waals surface area contributed by atoms with E-state index in [4.69, 9.17) is 18.9 Å². The van der Waals surface area contributed by atoms with E-state index in [1.54, 1.807) is 0 Å². The van der Waals surface area contributed by atoms with Gasteiger partial charge >= 0.3 is 11.9 Å². The number of carbonyl (C=O) groups is 2. The lowest BCUT2D eigenvalue weighted by Crippen LogP contribution is -2.58. The average Bonchev–Trinajstić information content (AvgIpc) is 3.02. The number of carbonyl (C=O) groups excluding carboxylic acids is 2. The minimum absolute atomic E-state index is 0.0593. The van der Waals surface area contributed by atoms with Crippen LogP contribution in [-0.2, 0) is 28.5 Å². The Labute approximate surface area is 139 Å². The molecule has 132 valence electrons. The van der Waals surface area contributed by atoms with Gasteiger partial charge in [0, 0.05) is 18.3 Å². The van der Waals surface area contributed by atoms with Crippen LogP contribution in [0.5, 0.6) is 0 Å². The maximum absolute atomic E-state index is 12.0. The summed E-state index contributed by atoms with van der Waals surface area (Å²) < 4.78 is 22.2. The molecule has 0 aromatic carbocycles. The summed E-state index contributed by atoms with van der Waals surface area (Å²) in [5.74, 6) is -0.723. The molecule has 0 aromatic rings. The smallest absolute Gasteiger partial charge is 0.309 e. The van der Waals surface area contributed by atoms with E-state index in [1.807, 2.05) is 6.92 Å². The first-order chi connectivity index (χ1) is 11.3. The minimum atomic E-state index is -1.11. The summed E-state index contributed by atoms with van der Waals surface area (Å²) >= 11 is 0. The van der Waals surface area contributed by atoms with E-state index in [0.29, 0.717) is 12.8 Å². The fourth-order valence-corrected chi connectivity index (χ4v) is 4.91. The molecule has 1 aliphatic carbocycles. The monoisotopic (exact) mass is 338 g/mol. The van der Waals surface area contributed by atoms with Crippen LogP contribution in [0.25, 0.3) is 0 Å². The van der Waals surface area contributed by atoms with Crippen molar-refractivity contribution in [2.24, 2.45) is 23.2 Å². The molecular formula is C17H22O7. The van der Waals surface area contributed by atoms with E-state index in [9.17, 15) is 14.7 Å². The Balaban J connectivity index is 1.72. The molecule has 7 heteroatoms. The Morgan fingerprint density at radius 2 is 2.21 bits per heavy atom. The van der Waals surface area contributed by atoms with Crippen LogP contribution in [0, 0.1) is 23.2 Å². The maximum atomic E-state index is 12.0. The molecule has 3 saturated heterocycles. The summed E-state index contributed by atoms with van der Waals surface area (Å²) in [4.78, 5) is 23.4. The molecule has 3 aliphatic heterocycles. The lowest BCUT2D eigenvalue weighted by atomic mass is 9.56. The zero-order valence-electron chi connectivity index (χ0n) is 13.8. The largest absolute Gasteiger partial charge is 0.465 e. The van der Waals surface area contributed by atoms with E-state index < -0.39 is 30.1 Å². The van der Waals surface area contributed by atoms with E-state index in [0.717, 1.165) is 5.57 Å². The van der Waals surface area contributed by atoms with Gasteiger partial charge in [0.1, 0.15) is 18.8 Å². The van der Waals surface area contributed by atoms with Gasteiger partial charge in [0.2, 0.25) is 0 Å². The summed E-state index contributed by atoms with van der Waals surface area (Å²) in [6, 6.07) is 0. The van der Waals surface area contributed by atoms with Crippen molar-refractivity contribution in [3.05, 3.63) is 12.2 Å². The van der Waals surface area contributed by atoms with Crippen LogP contribution in [0.1, 0.15) is 26.7 Å². The molecule has 4 fully saturated rings. The zero-order valence-corrected chi connectivity index (χ0v) is 13.8. The van der Waals surface area contributed by atoms with Crippen molar-refractivity contribution in [2.75, 3.05) is 6.61 Å². The first-order valence-corrected chi connectivity index (χ1v) is 8.35. The summed E-state index contributed by atoms with van der Waals surface area (Å²) in [5.41, 5.74) is 0.0423. The topological polar surface area (TPSA) is 91.3 Å². The molecule has 1 N–H and O–H groups in total. The molecule has 0 amide bonds. The van der Waals surface area contributed by atoms with E-state index in [-0.39, 0.29) is 36.4 Å². The SMILES string of the molecule is C=C1[C@@H]2O[C@@H](O)[C@@H](O2)[C@]2(COC(C)=O)C[C@H]3OC(=O)C(C)[C@H]3C[C@@H]12. The zero-order chi connectivity index (χ0) is 17.2. The molecule has 0 radical (unpaired) electrons. The van der Waals surface area contributed by atoms with Gasteiger partial charge in [-0.1, -0.05) is 13.5 Å². The van der Waals surface area contributed by atoms with Crippen LogP contribution >= 0.6 is 0 Å². The molecule has 0 aromatic heterocycles. The van der Waals surface area contributed by atoms with Crippen LogP contribution in [-0.4, -0.2) is 48.4 Å². The van der Waals surface area contributed by atoms with Gasteiger partial charge in [-0.3, -0.25) is 9.59 Å². The molecule has 4 rings (SSSR count). The van der Waals surface area contributed by atoms with Gasteiger partial charge in [-0.15, -0.1) is 0 Å². The summed E-state index contributed by atoms with van der Waals surface area (Å²) in [6.07, 6.45) is -1.51. The average molecular weight is 338 g/mol. The Kier molecular flexibility index (Phi) is 3.53. The van der Waals surface area contributed by atoms with Crippen molar-refractivity contribution in [2.45, 2.75) is 51.5 Å². The van der Waals surface area contributed by atoms with Crippen LogP contribution in [0.3, 0.4) is 0 Å². The van der Waals surface area contributed by atoms with Crippen LogP contribution < -0.4 is 0 Å². The third-order valence-corrected chi connectivity index (χ3v) is 6.20. The number of ether oxygens (including phenoxy) is 4. The normalized spacial score (nSPS) is 49.4. The second-order valence-electron chi connectivity index (χ2n) is 7.42. The number of hydrogen-bond donors (Lipinski definition) is 1. The van der Waals surface area contributed by atoms with Crippen LogP contribution in [0.2, 0.25) is 0 Å². The highest BCUT2D eigenvalue weighted by atomic mass is 16.8. The predicted octanol–water partition coefficient (Wildman–Crippen LogP) is 0.753. The number of fused-ring (bicyclic) bond motifs is 5. The lowest BCUT2D eigenvalue weighted by Gasteiger charge is -2.52. The van der Waals surface area contributed by atoms with Crippen LogP contribution in [0.4, 0.5) is 0 Å². The second kappa shape index (κ2) is 5.28. The van der Waals surface area contributed by atoms with Gasteiger partial charge in [0.05, 0.1) is 5.92 Å². The van der Waals surface area contributed by atoms with E-state index in [1.165, 1.54) is 6.92 Å². The van der Waals surface area contributed by atoms with Gasteiger partial charge < -0.3 is 24.1 Å². The summed E-state index contributed by atoms with van der Waals surface area (Å²) in [7, 11) is 0. The van der Waals surface area contributed by atoms with E-state index >= 15 is 0 Å². The number of aliphatic hydroxyl groups excluding tert-OH is 1. The molecule has 3 heterocycles. The van der Waals surface area contributed by atoms with Crippen molar-refractivity contribution >= 4 is 11.9 Å². The Hall–Kier alpha value is -1.44. The standard InChI is InChI=1S/C17H22O7/c1-7-10-4-11-8(2)16-23-13(15(20)24-16)17(11,6-21-9(3)18)5-12(10)22-14(7)19/h7,10-13,15-16,20H,2,4-6H2,1,3H3/t7?,10-,11+,12-,13-,15-,16+,17+/m1/s1.